The number of benzene rings is 1. The first-order valence-corrected chi connectivity index (χ1v) is 24.0. The number of sulfone groups is 2. The molecule has 3 amide bonds. The molecule has 0 aliphatic heterocycles. The van der Waals surface area contributed by atoms with Gasteiger partial charge in [-0.05, 0) is 95.3 Å². The molecule has 1 saturated carbocycles. The van der Waals surface area contributed by atoms with Crippen LogP contribution in [0.2, 0.25) is 5.02 Å². The number of pyridine rings is 3. The maximum atomic E-state index is 13.0. The molecule has 63 heavy (non-hydrogen) atoms. The molecule has 0 unspecified atom stereocenters. The number of nitrogens with two attached hydrogens (primary N) is 1. The normalized spacial score (nSPS) is 12.6. The molecule has 21 heteroatoms. The van der Waals surface area contributed by atoms with Crippen LogP contribution in [0, 0.1) is 33.6 Å². The number of hydrogen-bond donors (Lipinski definition) is 5. The summed E-state index contributed by atoms with van der Waals surface area (Å²) in [6.07, 6.45) is 3.80. The molecular weight excluding hydrogens is 876 g/mol. The minimum absolute atomic E-state index is 0.0105. The van der Waals surface area contributed by atoms with Gasteiger partial charge in [0.25, 0.3) is 17.0 Å². The van der Waals surface area contributed by atoms with Crippen LogP contribution in [-0.2, 0) is 60.2 Å². The number of halogens is 1. The summed E-state index contributed by atoms with van der Waals surface area (Å²) in [7, 11) is -5.76. The van der Waals surface area contributed by atoms with Gasteiger partial charge in [0.1, 0.15) is 30.2 Å². The zero-order valence-corrected chi connectivity index (χ0v) is 38.8. The van der Waals surface area contributed by atoms with Crippen LogP contribution in [-0.4, -0.2) is 80.9 Å². The van der Waals surface area contributed by atoms with Gasteiger partial charge in [0.05, 0.1) is 15.5 Å². The van der Waals surface area contributed by atoms with Crippen molar-refractivity contribution in [1.29, 1.82) is 0 Å². The number of aryl methyl sites for hydroxylation is 4. The number of nitrogen functional groups attached to an aromatic ring is 1. The van der Waals surface area contributed by atoms with Gasteiger partial charge in [-0.25, -0.2) is 16.8 Å². The Morgan fingerprint density at radius 3 is 1.95 bits per heavy atom. The van der Waals surface area contributed by atoms with E-state index in [9.17, 15) is 40.8 Å². The lowest BCUT2D eigenvalue weighted by Crippen LogP contribution is -2.35. The van der Waals surface area contributed by atoms with Crippen molar-refractivity contribution in [2.45, 2.75) is 89.9 Å². The van der Waals surface area contributed by atoms with Crippen LogP contribution in [0.25, 0.3) is 0 Å². The minimum Gasteiger partial charge on any atom is -0.483 e. The van der Waals surface area contributed by atoms with E-state index in [1.807, 2.05) is 26.0 Å². The third-order valence-corrected chi connectivity index (χ3v) is 13.6. The standard InChI is InChI=1S/C22H30N4O4S.C20H25ClN4O6S/c1-14-8-9-18(16(3)25-14)11-24-20(27)12-26-15(2)10-19(21(23-4)22(26)28)31(29,30)13-17-6-5-7-17;1-4-23-18(27)11-31-15-6-5-14(21)8-13(15)9-24-17(26)10-25-12(2)7-16(32(3,29)30)19(22)20(25)28/h8-10,17,23H,5-7,11-13H2,1-4H3,(H,24,27);5-8H,4,9-11,22H2,1-3H3,(H,23,27)(H,24,26). The van der Waals surface area contributed by atoms with E-state index in [1.54, 1.807) is 32.0 Å². The van der Waals surface area contributed by atoms with Gasteiger partial charge < -0.3 is 40.9 Å². The smallest absolute Gasteiger partial charge is 0.275 e. The van der Waals surface area contributed by atoms with Crippen LogP contribution < -0.4 is 42.9 Å². The van der Waals surface area contributed by atoms with Crippen molar-refractivity contribution < 1.29 is 36.0 Å². The third kappa shape index (κ3) is 13.4. The molecule has 0 saturated heterocycles. The molecule has 1 aliphatic carbocycles. The van der Waals surface area contributed by atoms with Crippen molar-refractivity contribution in [1.82, 2.24) is 30.1 Å². The molecule has 0 spiro atoms. The molecule has 0 radical (unpaired) electrons. The molecule has 6 N–H and O–H groups in total. The van der Waals surface area contributed by atoms with Crippen LogP contribution in [0.15, 0.2) is 61.8 Å². The molecule has 1 aliphatic rings. The first kappa shape index (κ1) is 49.9. The van der Waals surface area contributed by atoms with Gasteiger partial charge in [-0.15, -0.1) is 0 Å². The number of carbonyl (C=O) groups is 3. The van der Waals surface area contributed by atoms with Crippen molar-refractivity contribution in [2.75, 3.05) is 43.3 Å². The lowest BCUT2D eigenvalue weighted by atomic mass is 9.87. The summed E-state index contributed by atoms with van der Waals surface area (Å²) in [6, 6.07) is 11.3. The number of aromatic nitrogens is 3. The average Bonchev–Trinajstić information content (AvgIpc) is 3.19. The van der Waals surface area contributed by atoms with Crippen molar-refractivity contribution in [3.05, 3.63) is 102 Å². The van der Waals surface area contributed by atoms with E-state index in [2.05, 4.69) is 26.3 Å². The van der Waals surface area contributed by atoms with E-state index in [0.717, 1.165) is 47.0 Å². The second-order valence-corrected chi connectivity index (χ2v) is 19.6. The van der Waals surface area contributed by atoms with Gasteiger partial charge in [0.2, 0.25) is 11.8 Å². The van der Waals surface area contributed by atoms with Gasteiger partial charge in [-0.2, -0.15) is 0 Å². The monoisotopic (exact) mass is 930 g/mol. The highest BCUT2D eigenvalue weighted by atomic mass is 35.5. The van der Waals surface area contributed by atoms with E-state index >= 15 is 0 Å². The van der Waals surface area contributed by atoms with Gasteiger partial charge in [0.15, 0.2) is 26.3 Å². The number of anilines is 2. The molecule has 5 rings (SSSR count). The van der Waals surface area contributed by atoms with Crippen molar-refractivity contribution in [2.24, 2.45) is 5.92 Å². The van der Waals surface area contributed by atoms with E-state index in [0.29, 0.717) is 35.1 Å². The van der Waals surface area contributed by atoms with Crippen LogP contribution in [0.5, 0.6) is 5.75 Å². The second kappa shape index (κ2) is 21.6. The summed E-state index contributed by atoms with van der Waals surface area (Å²) >= 11 is 6.03. The van der Waals surface area contributed by atoms with E-state index in [4.69, 9.17) is 22.1 Å². The number of nitrogens with one attached hydrogen (secondary N) is 4. The predicted molar refractivity (Wildman–Crippen MR) is 240 cm³/mol. The molecule has 18 nitrogen and oxygen atoms in total. The van der Waals surface area contributed by atoms with E-state index < -0.39 is 42.4 Å². The largest absolute Gasteiger partial charge is 0.483 e. The fourth-order valence-electron chi connectivity index (χ4n) is 6.64. The molecule has 0 atom stereocenters. The number of hydrogen-bond acceptors (Lipinski definition) is 13. The maximum absolute atomic E-state index is 13.0. The third-order valence-electron chi connectivity index (χ3n) is 10.3. The molecule has 4 aromatic rings. The number of carbonyl (C=O) groups excluding carboxylic acids is 3. The van der Waals surface area contributed by atoms with E-state index in [1.165, 1.54) is 30.7 Å². The van der Waals surface area contributed by atoms with Gasteiger partial charge in [0, 0.05) is 66.3 Å². The van der Waals surface area contributed by atoms with Crippen molar-refractivity contribution >= 4 is 60.4 Å². The van der Waals surface area contributed by atoms with Crippen molar-refractivity contribution in [3.8, 4) is 5.75 Å². The summed E-state index contributed by atoms with van der Waals surface area (Å²) in [5, 5.41) is 11.2. The van der Waals surface area contributed by atoms with Crippen LogP contribution in [0.1, 0.15) is 60.1 Å². The lowest BCUT2D eigenvalue weighted by Gasteiger charge is -2.25. The highest BCUT2D eigenvalue weighted by Crippen LogP contribution is 2.31. The minimum atomic E-state index is -3.69. The molecule has 1 aromatic carbocycles. The maximum Gasteiger partial charge on any atom is 0.275 e. The molecule has 3 aromatic heterocycles. The Kier molecular flexibility index (Phi) is 17.1. The fourth-order valence-corrected chi connectivity index (χ4v) is 9.69. The highest BCUT2D eigenvalue weighted by molar-refractivity contribution is 7.91. The number of ether oxygens (including phenoxy) is 1. The van der Waals surface area contributed by atoms with Crippen LogP contribution in [0.4, 0.5) is 11.4 Å². The average molecular weight is 932 g/mol. The summed E-state index contributed by atoms with van der Waals surface area (Å²) in [6.45, 7) is 8.76. The Bertz CT molecular complexity index is 2720. The first-order chi connectivity index (χ1) is 29.6. The number of rotatable bonds is 17. The van der Waals surface area contributed by atoms with E-state index in [-0.39, 0.29) is 70.9 Å². The molecule has 0 bridgehead atoms. The Hall–Kier alpha value is -5.73. The Labute approximate surface area is 371 Å². The summed E-state index contributed by atoms with van der Waals surface area (Å²) in [4.78, 5) is 66.2. The number of amides is 3. The number of nitrogens with zero attached hydrogens (tertiary/aromatic N) is 3. The predicted octanol–water partition coefficient (Wildman–Crippen LogP) is 2.73. The summed E-state index contributed by atoms with van der Waals surface area (Å²) in [5.74, 6) is -0.565. The summed E-state index contributed by atoms with van der Waals surface area (Å²) < 4.78 is 57.3. The fraction of sp³-hybridized carbons (Fsp3) is 0.429. The Balaban J connectivity index is 0.000000277. The topological polar surface area (TPSA) is 260 Å². The van der Waals surface area contributed by atoms with Crippen LogP contribution >= 0.6 is 11.6 Å². The zero-order chi connectivity index (χ0) is 46.8. The van der Waals surface area contributed by atoms with Gasteiger partial charge in [-0.1, -0.05) is 24.1 Å². The number of likely N-dealkylation sites (N-methyl/N-ethyl adjacent to an activating group) is 1. The van der Waals surface area contributed by atoms with Crippen molar-refractivity contribution in [3.63, 3.8) is 0 Å². The molecular formula is C42H55ClN8O10S2. The summed E-state index contributed by atoms with van der Waals surface area (Å²) in [5.41, 5.74) is 7.85. The SMILES string of the molecule is CCNC(=O)COc1ccc(Cl)cc1CNC(=O)Cn1c(C)cc(S(C)(=O)=O)c(N)c1=O.CNc1c(S(=O)(=O)CC2CCC2)cc(C)n(CC(=O)NCc2ccc(C)nc2C)c1=O. The van der Waals surface area contributed by atoms with Gasteiger partial charge in [-0.3, -0.25) is 29.0 Å². The lowest BCUT2D eigenvalue weighted by molar-refractivity contribution is -0.123. The molecule has 1 fully saturated rings. The zero-order valence-electron chi connectivity index (χ0n) is 36.4. The highest BCUT2D eigenvalue weighted by Gasteiger charge is 2.30. The first-order valence-electron chi connectivity index (χ1n) is 20.1. The quantitative estimate of drug-likeness (QED) is 0.102. The van der Waals surface area contributed by atoms with Crippen LogP contribution in [0.3, 0.4) is 0 Å². The Morgan fingerprint density at radius 1 is 0.825 bits per heavy atom. The molecule has 342 valence electrons. The Morgan fingerprint density at radius 2 is 1.41 bits per heavy atom. The second-order valence-electron chi connectivity index (χ2n) is 15.2. The molecule has 3 heterocycles. The van der Waals surface area contributed by atoms with Gasteiger partial charge >= 0.3 is 0 Å².